The van der Waals surface area contributed by atoms with E-state index in [1.807, 2.05) is 0 Å². The van der Waals surface area contributed by atoms with Gasteiger partial charge in [0.2, 0.25) is 0 Å². The second-order valence-electron chi connectivity index (χ2n) is 14.5. The molecule has 1 amide bonds. The van der Waals surface area contributed by atoms with Gasteiger partial charge in [0.1, 0.15) is 11.3 Å². The van der Waals surface area contributed by atoms with Crippen LogP contribution in [-0.2, 0) is 28.2 Å². The number of sulfone groups is 1. The summed E-state index contributed by atoms with van der Waals surface area (Å²) in [6.45, 7) is 0.765. The molecule has 2 aliphatic rings. The molecule has 53 heavy (non-hydrogen) atoms. The molecule has 14 heteroatoms. The highest BCUT2D eigenvalue weighted by atomic mass is 32.2. The van der Waals surface area contributed by atoms with E-state index in [-0.39, 0.29) is 48.8 Å². The van der Waals surface area contributed by atoms with E-state index in [0.717, 1.165) is 82.9 Å². The Labute approximate surface area is 307 Å². The van der Waals surface area contributed by atoms with Crippen molar-refractivity contribution in [2.75, 3.05) is 24.2 Å². The van der Waals surface area contributed by atoms with E-state index >= 15 is 4.39 Å². The summed E-state index contributed by atoms with van der Waals surface area (Å²) in [7, 11) is -2.07. The molecule has 0 fully saturated rings. The molecule has 0 bridgehead atoms. The number of carboxylic acids is 1. The Bertz CT molecular complexity index is 2180. The van der Waals surface area contributed by atoms with Gasteiger partial charge in [-0.25, -0.2) is 22.2 Å². The number of aliphatic carboxylic acids is 1. The number of pyridine rings is 2. The number of halogens is 2. The maximum Gasteiger partial charge on any atom is 0.303 e. The molecular formula is C39H47F2N5O6S. The topological polar surface area (TPSA) is 146 Å². The van der Waals surface area contributed by atoms with Gasteiger partial charge in [-0.3, -0.25) is 14.4 Å². The number of fused-ring (bicyclic) bond motifs is 3. The normalized spacial score (nSPS) is 15.7. The molecule has 0 saturated heterocycles. The zero-order valence-electron chi connectivity index (χ0n) is 30.3. The summed E-state index contributed by atoms with van der Waals surface area (Å²) in [6.07, 6.45) is 16.9. The van der Waals surface area contributed by atoms with Crippen LogP contribution in [0.2, 0.25) is 0 Å². The number of anilines is 2. The highest BCUT2D eigenvalue weighted by Gasteiger charge is 2.37. The van der Waals surface area contributed by atoms with E-state index in [1.165, 1.54) is 10.8 Å². The molecule has 11 nitrogen and oxygen atoms in total. The number of aromatic nitrogens is 3. The Hall–Kier alpha value is -4.59. The molecule has 284 valence electrons. The Kier molecular flexibility index (Phi) is 11.7. The molecule has 0 saturated carbocycles. The Morgan fingerprint density at radius 1 is 0.943 bits per heavy atom. The standard InChI is InChI=1S/C39H47F2N5O6S/c1-44-24-30-27-19-28-29(20-32(27)46(37-31(41)18-26(40)22-43-37)23-25-21-42-36(35(25)30)39(44)50)38(49)45(17-15-33(28)53(2,51)52)16-13-11-9-7-5-3-4-6-8-10-12-14-34(47)48/h18-22,24,33,42H,3-17,23H2,1-2H3,(H,47,48). The minimum Gasteiger partial charge on any atom is -0.481 e. The van der Waals surface area contributed by atoms with Crippen molar-refractivity contribution in [3.8, 4) is 11.1 Å². The number of benzene rings is 1. The van der Waals surface area contributed by atoms with E-state index in [0.29, 0.717) is 45.4 Å². The van der Waals surface area contributed by atoms with E-state index in [4.69, 9.17) is 5.11 Å². The first kappa shape index (κ1) is 38.1. The summed E-state index contributed by atoms with van der Waals surface area (Å²) < 4.78 is 57.7. The number of carboxylic acid groups (broad SMARTS) is 1. The lowest BCUT2D eigenvalue weighted by atomic mass is 9.93. The van der Waals surface area contributed by atoms with Crippen LogP contribution in [0.15, 0.2) is 41.6 Å². The van der Waals surface area contributed by atoms with Crippen molar-refractivity contribution in [2.45, 2.75) is 95.3 Å². The molecule has 5 heterocycles. The molecule has 0 radical (unpaired) electrons. The number of aromatic amines is 1. The second-order valence-corrected chi connectivity index (χ2v) is 16.7. The number of carbonyl (C=O) groups is 2. The van der Waals surface area contributed by atoms with Crippen LogP contribution in [0.5, 0.6) is 0 Å². The Balaban J connectivity index is 1.25. The zero-order chi connectivity index (χ0) is 37.9. The third kappa shape index (κ3) is 8.32. The number of hydrogen-bond donors (Lipinski definition) is 2. The average molecular weight is 752 g/mol. The fourth-order valence-corrected chi connectivity index (χ4v) is 9.03. The summed E-state index contributed by atoms with van der Waals surface area (Å²) >= 11 is 0. The number of amides is 1. The quantitative estimate of drug-likeness (QED) is 0.112. The number of hydrogen-bond acceptors (Lipinski definition) is 7. The summed E-state index contributed by atoms with van der Waals surface area (Å²) in [5.74, 6) is -2.97. The number of unbranched alkanes of at least 4 members (excludes halogenated alkanes) is 10. The SMILES string of the molecule is Cn1cc2c3c(c[nH]c3c1=O)CN(c1ncc(F)cc1F)c1cc3c(cc1-2)C(S(C)(=O)=O)CCN(CCCCCCCCCCCCCC(=O)O)C3=O. The highest BCUT2D eigenvalue weighted by molar-refractivity contribution is 7.90. The van der Waals surface area contributed by atoms with E-state index in [1.54, 1.807) is 41.4 Å². The lowest BCUT2D eigenvalue weighted by Crippen LogP contribution is -2.32. The second kappa shape index (κ2) is 16.2. The van der Waals surface area contributed by atoms with Crippen molar-refractivity contribution < 1.29 is 31.9 Å². The first-order valence-corrected chi connectivity index (χ1v) is 20.5. The number of carbonyl (C=O) groups excluding carboxylic acids is 1. The molecule has 6 rings (SSSR count). The number of nitrogens with zero attached hydrogens (tertiary/aromatic N) is 4. The number of rotatable bonds is 16. The van der Waals surface area contributed by atoms with Gasteiger partial charge in [-0.1, -0.05) is 57.8 Å². The number of aryl methyl sites for hydroxylation is 1. The molecule has 2 N–H and O–H groups in total. The number of nitrogens with one attached hydrogen (secondary N) is 1. The van der Waals surface area contributed by atoms with Crippen LogP contribution in [0.4, 0.5) is 20.3 Å². The third-order valence-electron chi connectivity index (χ3n) is 10.6. The predicted octanol–water partition coefficient (Wildman–Crippen LogP) is 7.56. The Morgan fingerprint density at radius 3 is 2.25 bits per heavy atom. The lowest BCUT2D eigenvalue weighted by Gasteiger charge is -2.27. The molecule has 1 atom stereocenters. The van der Waals surface area contributed by atoms with Gasteiger partial charge in [0.25, 0.3) is 11.5 Å². The smallest absolute Gasteiger partial charge is 0.303 e. The molecule has 1 unspecified atom stereocenters. The molecule has 2 aliphatic heterocycles. The van der Waals surface area contributed by atoms with Crippen LogP contribution in [0.3, 0.4) is 0 Å². The maximum absolute atomic E-state index is 15.5. The van der Waals surface area contributed by atoms with Crippen molar-refractivity contribution in [2.24, 2.45) is 7.05 Å². The van der Waals surface area contributed by atoms with Crippen LogP contribution in [0.1, 0.15) is 110 Å². The van der Waals surface area contributed by atoms with E-state index in [9.17, 15) is 27.2 Å². The van der Waals surface area contributed by atoms with Crippen LogP contribution in [-0.4, -0.2) is 64.2 Å². The van der Waals surface area contributed by atoms with E-state index in [2.05, 4.69) is 9.97 Å². The highest BCUT2D eigenvalue weighted by Crippen LogP contribution is 2.47. The third-order valence-corrected chi connectivity index (χ3v) is 12.1. The summed E-state index contributed by atoms with van der Waals surface area (Å²) in [6, 6.07) is 4.06. The molecule has 0 spiro atoms. The fourth-order valence-electron chi connectivity index (χ4n) is 7.84. The molecule has 1 aromatic carbocycles. The predicted molar refractivity (Wildman–Crippen MR) is 200 cm³/mol. The number of H-pyrrole nitrogens is 1. The van der Waals surface area contributed by atoms with Gasteiger partial charge in [-0.05, 0) is 42.5 Å². The molecule has 4 aromatic rings. The monoisotopic (exact) mass is 751 g/mol. The largest absolute Gasteiger partial charge is 0.481 e. The van der Waals surface area contributed by atoms with Gasteiger partial charge in [0.15, 0.2) is 21.5 Å². The molecule has 0 aliphatic carbocycles. The van der Waals surface area contributed by atoms with E-state index < -0.39 is 32.7 Å². The first-order chi connectivity index (χ1) is 25.3. The van der Waals surface area contributed by atoms with Gasteiger partial charge >= 0.3 is 5.97 Å². The minimum absolute atomic E-state index is 0.0434. The van der Waals surface area contributed by atoms with Gasteiger partial charge in [0, 0.05) is 73.4 Å². The minimum atomic E-state index is -3.68. The maximum atomic E-state index is 15.5. The van der Waals surface area contributed by atoms with Crippen molar-refractivity contribution >= 4 is 44.1 Å². The van der Waals surface area contributed by atoms with Gasteiger partial charge in [-0.2, -0.15) is 0 Å². The summed E-state index contributed by atoms with van der Waals surface area (Å²) in [5.41, 5.74) is 2.79. The van der Waals surface area contributed by atoms with Crippen LogP contribution < -0.4 is 10.5 Å². The van der Waals surface area contributed by atoms with Gasteiger partial charge < -0.3 is 24.5 Å². The summed E-state index contributed by atoms with van der Waals surface area (Å²) in [4.78, 5) is 48.5. The van der Waals surface area contributed by atoms with Crippen molar-refractivity contribution in [1.29, 1.82) is 0 Å². The Morgan fingerprint density at radius 2 is 1.60 bits per heavy atom. The van der Waals surface area contributed by atoms with Crippen molar-refractivity contribution in [1.82, 2.24) is 19.4 Å². The summed E-state index contributed by atoms with van der Waals surface area (Å²) in [5, 5.41) is 8.37. The molecular weight excluding hydrogens is 705 g/mol. The van der Waals surface area contributed by atoms with Gasteiger partial charge in [0.05, 0.1) is 23.7 Å². The first-order valence-electron chi connectivity index (χ1n) is 18.5. The van der Waals surface area contributed by atoms with Crippen LogP contribution in [0.25, 0.3) is 22.0 Å². The van der Waals surface area contributed by atoms with Crippen LogP contribution >= 0.6 is 0 Å². The molecule has 3 aromatic heterocycles. The van der Waals surface area contributed by atoms with Crippen molar-refractivity contribution in [3.05, 3.63) is 75.5 Å². The zero-order valence-corrected chi connectivity index (χ0v) is 31.1. The fraction of sp³-hybridized carbons (Fsp3) is 0.487. The van der Waals surface area contributed by atoms with Gasteiger partial charge in [-0.15, -0.1) is 0 Å². The van der Waals surface area contributed by atoms with Crippen LogP contribution in [0, 0.1) is 11.6 Å². The average Bonchev–Trinajstić information content (AvgIpc) is 3.41. The van der Waals surface area contributed by atoms with Crippen molar-refractivity contribution in [3.63, 3.8) is 0 Å². The lowest BCUT2D eigenvalue weighted by molar-refractivity contribution is -0.137.